The van der Waals surface area contributed by atoms with Gasteiger partial charge in [0.2, 0.25) is 29.5 Å². The van der Waals surface area contributed by atoms with Crippen molar-refractivity contribution in [2.24, 2.45) is 23.5 Å². The fourth-order valence-corrected chi connectivity index (χ4v) is 6.69. The van der Waals surface area contributed by atoms with Crippen LogP contribution in [0.15, 0.2) is 67.1 Å². The number of carboxylic acid groups (broad SMARTS) is 1. The molecule has 16 heteroatoms. The number of carbonyl (C=O) groups excluding carboxylic acids is 5. The minimum Gasteiger partial charge on any atom is -0.508 e. The Morgan fingerprint density at radius 3 is 2.18 bits per heavy atom. The van der Waals surface area contributed by atoms with Gasteiger partial charge in [0.25, 0.3) is 0 Å². The van der Waals surface area contributed by atoms with Crippen LogP contribution in [0.5, 0.6) is 5.75 Å². The second-order valence-electron chi connectivity index (χ2n) is 15.1. The van der Waals surface area contributed by atoms with Crippen LogP contribution in [0.2, 0.25) is 0 Å². The molecule has 0 radical (unpaired) electrons. The number of nitrogens with zero attached hydrogens (tertiary/aromatic N) is 2. The highest BCUT2D eigenvalue weighted by molar-refractivity contribution is 5.96. The largest absolute Gasteiger partial charge is 0.508 e. The number of nitrogens with two attached hydrogens (primary N) is 1. The number of rotatable bonds is 20. The van der Waals surface area contributed by atoms with Crippen molar-refractivity contribution >= 4 is 35.5 Å². The molecule has 1 fully saturated rings. The van der Waals surface area contributed by atoms with Gasteiger partial charge in [-0.1, -0.05) is 76.6 Å². The van der Waals surface area contributed by atoms with Gasteiger partial charge in [0.05, 0.1) is 18.3 Å². The highest BCUT2D eigenvalue weighted by Crippen LogP contribution is 2.21. The van der Waals surface area contributed by atoms with Crippen molar-refractivity contribution in [2.45, 2.75) is 96.4 Å². The number of aromatic nitrogens is 2. The molecule has 0 bridgehead atoms. The Labute approximate surface area is 332 Å². The van der Waals surface area contributed by atoms with E-state index in [4.69, 9.17) is 5.73 Å². The summed E-state index contributed by atoms with van der Waals surface area (Å²) in [4.78, 5) is 89.4. The number of hydrogen-bond donors (Lipinski definition) is 8. The van der Waals surface area contributed by atoms with Crippen LogP contribution < -0.4 is 27.0 Å². The average molecular weight is 789 g/mol. The molecule has 0 spiro atoms. The van der Waals surface area contributed by atoms with E-state index in [1.54, 1.807) is 49.4 Å². The molecule has 1 aromatic heterocycles. The lowest BCUT2D eigenvalue weighted by molar-refractivity contribution is -0.145. The molecule has 2 heterocycles. The quantitative estimate of drug-likeness (QED) is 0.0818. The number of aliphatic carboxylic acids is 1. The van der Waals surface area contributed by atoms with Crippen molar-refractivity contribution in [3.63, 3.8) is 0 Å². The number of nitrogens with one attached hydrogen (secondary N) is 5. The second-order valence-corrected chi connectivity index (χ2v) is 15.1. The van der Waals surface area contributed by atoms with Crippen LogP contribution in [-0.2, 0) is 48.0 Å². The number of likely N-dealkylation sites (tertiary alicyclic amines) is 1. The summed E-state index contributed by atoms with van der Waals surface area (Å²) in [7, 11) is 0. The Balaban J connectivity index is 1.54. The van der Waals surface area contributed by atoms with Crippen LogP contribution in [0.3, 0.4) is 0 Å². The lowest BCUT2D eigenvalue weighted by Gasteiger charge is -2.31. The number of aromatic amines is 1. The molecule has 0 saturated carbocycles. The van der Waals surface area contributed by atoms with Crippen LogP contribution in [0, 0.1) is 17.8 Å². The van der Waals surface area contributed by atoms with Crippen molar-refractivity contribution in [3.8, 4) is 5.75 Å². The van der Waals surface area contributed by atoms with Crippen molar-refractivity contribution < 1.29 is 39.0 Å². The van der Waals surface area contributed by atoms with Gasteiger partial charge in [-0.2, -0.15) is 0 Å². The summed E-state index contributed by atoms with van der Waals surface area (Å²) < 4.78 is 0. The van der Waals surface area contributed by atoms with E-state index < -0.39 is 77.6 Å². The van der Waals surface area contributed by atoms with Gasteiger partial charge in [-0.15, -0.1) is 0 Å². The van der Waals surface area contributed by atoms with E-state index in [9.17, 15) is 39.0 Å². The fraction of sp³-hybridized carbons (Fsp3) is 0.488. The summed E-state index contributed by atoms with van der Waals surface area (Å²) in [5.74, 6) is -5.24. The van der Waals surface area contributed by atoms with Crippen LogP contribution in [0.25, 0.3) is 0 Å². The van der Waals surface area contributed by atoms with Gasteiger partial charge < -0.3 is 47.1 Å². The topological polar surface area (TPSA) is 249 Å². The molecule has 2 aromatic carbocycles. The number of phenolic OH excluding ortho intramolecular Hbond substituents is 1. The third-order valence-corrected chi connectivity index (χ3v) is 10.5. The van der Waals surface area contributed by atoms with Crippen LogP contribution in [0.1, 0.15) is 63.8 Å². The molecule has 57 heavy (non-hydrogen) atoms. The molecular weight excluding hydrogens is 732 g/mol. The molecule has 0 aliphatic carbocycles. The number of hydrogen-bond acceptors (Lipinski definition) is 9. The van der Waals surface area contributed by atoms with Gasteiger partial charge in [-0.3, -0.25) is 24.0 Å². The molecule has 1 aliphatic heterocycles. The first-order chi connectivity index (χ1) is 27.2. The van der Waals surface area contributed by atoms with Gasteiger partial charge in [0.1, 0.15) is 29.9 Å². The summed E-state index contributed by atoms with van der Waals surface area (Å²) >= 11 is 0. The fourth-order valence-electron chi connectivity index (χ4n) is 6.69. The van der Waals surface area contributed by atoms with E-state index in [2.05, 4.69) is 31.2 Å². The third-order valence-electron chi connectivity index (χ3n) is 10.5. The predicted molar refractivity (Wildman–Crippen MR) is 211 cm³/mol. The molecular formula is C41H56N8O8. The average Bonchev–Trinajstić information content (AvgIpc) is 3.91. The van der Waals surface area contributed by atoms with Crippen molar-refractivity contribution in [2.75, 3.05) is 13.1 Å². The number of carboxylic acids is 1. The molecule has 1 aliphatic rings. The molecule has 308 valence electrons. The number of aromatic hydroxyl groups is 1. The monoisotopic (exact) mass is 788 g/mol. The Bertz CT molecular complexity index is 1800. The van der Waals surface area contributed by atoms with Crippen molar-refractivity contribution in [1.82, 2.24) is 36.1 Å². The molecule has 3 aromatic rings. The minimum absolute atomic E-state index is 0.00599. The molecule has 1 unspecified atom stereocenters. The molecule has 5 amide bonds. The molecule has 16 nitrogen and oxygen atoms in total. The summed E-state index contributed by atoms with van der Waals surface area (Å²) in [6.07, 6.45) is 4.44. The summed E-state index contributed by atoms with van der Waals surface area (Å²) in [5.41, 5.74) is 8.02. The molecule has 7 atom stereocenters. The first-order valence-electron chi connectivity index (χ1n) is 19.4. The summed E-state index contributed by atoms with van der Waals surface area (Å²) in [5, 5.41) is 30.8. The van der Waals surface area contributed by atoms with Gasteiger partial charge in [0, 0.05) is 37.8 Å². The first kappa shape index (κ1) is 44.0. The SMILES string of the molecule is CC[C@H](C)[C@H](NC(=O)C(CNC(=O)[C@@H](N)C(C)C)Cc1ccc(O)cc1)C(=O)N[C@@H](Cc1cnc[nH]1)C(=O)N1CCC[C@H]1C(=O)N[C@@H](Cc1ccccc1)C(=O)O. The number of H-pyrrole nitrogens is 1. The van der Waals surface area contributed by atoms with Crippen LogP contribution in [0.4, 0.5) is 0 Å². The highest BCUT2D eigenvalue weighted by atomic mass is 16.4. The zero-order valence-electron chi connectivity index (χ0n) is 32.9. The number of carbonyl (C=O) groups is 6. The third kappa shape index (κ3) is 12.6. The second kappa shape index (κ2) is 20.9. The molecule has 4 rings (SSSR count). The van der Waals surface area contributed by atoms with Crippen molar-refractivity contribution in [1.29, 1.82) is 0 Å². The predicted octanol–water partition coefficient (Wildman–Crippen LogP) is 1.44. The van der Waals surface area contributed by atoms with Gasteiger partial charge in [0.15, 0.2) is 0 Å². The zero-order valence-corrected chi connectivity index (χ0v) is 32.9. The van der Waals surface area contributed by atoms with E-state index in [1.165, 1.54) is 29.6 Å². The molecule has 9 N–H and O–H groups in total. The standard InChI is InChI=1S/C41H56N8O8/c1-5-25(4)35(48-36(51)28(18-27-13-15-30(50)16-14-27)21-44-38(53)34(42)24(2)3)39(54)46-31(20-29-22-43-23-45-29)40(55)49-17-9-12-33(49)37(52)47-32(41(56)57)19-26-10-7-6-8-11-26/h6-8,10-11,13-16,22-25,28,31-35,50H,5,9,12,17-21,42H2,1-4H3,(H,43,45)(H,44,53)(H,46,54)(H,47,52)(H,48,51)(H,56,57)/t25-,28?,31-,32-,33-,34-,35-/m0/s1. The minimum atomic E-state index is -1.23. The Kier molecular flexibility index (Phi) is 16.2. The lowest BCUT2D eigenvalue weighted by Crippen LogP contribution is -2.59. The Morgan fingerprint density at radius 1 is 0.877 bits per heavy atom. The Hall–Kier alpha value is -5.77. The first-order valence-corrected chi connectivity index (χ1v) is 19.4. The maximum absolute atomic E-state index is 14.3. The summed E-state index contributed by atoms with van der Waals surface area (Å²) in [6.45, 7) is 7.41. The van der Waals surface area contributed by atoms with E-state index in [1.807, 2.05) is 20.8 Å². The van der Waals surface area contributed by atoms with Gasteiger partial charge in [-0.05, 0) is 54.4 Å². The highest BCUT2D eigenvalue weighted by Gasteiger charge is 2.40. The van der Waals surface area contributed by atoms with Crippen LogP contribution >= 0.6 is 0 Å². The number of amides is 5. The molecule has 1 saturated heterocycles. The van der Waals surface area contributed by atoms with E-state index in [0.29, 0.717) is 30.5 Å². The van der Waals surface area contributed by atoms with Crippen molar-refractivity contribution in [3.05, 3.63) is 83.9 Å². The van der Waals surface area contributed by atoms with Gasteiger partial charge >= 0.3 is 5.97 Å². The number of imidazole rings is 1. The van der Waals surface area contributed by atoms with E-state index in [-0.39, 0.29) is 44.0 Å². The zero-order chi connectivity index (χ0) is 41.6. The smallest absolute Gasteiger partial charge is 0.326 e. The van der Waals surface area contributed by atoms with E-state index >= 15 is 0 Å². The van der Waals surface area contributed by atoms with Crippen LogP contribution in [-0.4, -0.2) is 104 Å². The maximum atomic E-state index is 14.3. The van der Waals surface area contributed by atoms with E-state index in [0.717, 1.165) is 5.56 Å². The number of phenols is 1. The summed E-state index contributed by atoms with van der Waals surface area (Å²) in [6, 6.07) is 9.95. The maximum Gasteiger partial charge on any atom is 0.326 e. The normalized spacial score (nSPS) is 17.1. The number of benzene rings is 2. The lowest BCUT2D eigenvalue weighted by atomic mass is 9.94. The van der Waals surface area contributed by atoms with Gasteiger partial charge in [-0.25, -0.2) is 9.78 Å². The Morgan fingerprint density at radius 2 is 1.56 bits per heavy atom.